The van der Waals surface area contributed by atoms with E-state index in [2.05, 4.69) is 5.32 Å². The number of methoxy groups -OCH3 is 1. The summed E-state index contributed by atoms with van der Waals surface area (Å²) >= 11 is 0. The van der Waals surface area contributed by atoms with Gasteiger partial charge < -0.3 is 29.1 Å². The minimum absolute atomic E-state index is 0.00829. The number of Topliss-reactive ketones (excluding diaryl/α,β-unsaturated/α-hetero) is 2. The second-order valence-corrected chi connectivity index (χ2v) is 10.2. The fourth-order valence-electron chi connectivity index (χ4n) is 4.98. The number of rotatable bonds is 21. The fraction of sp³-hybridized carbons (Fsp3) is 0.515. The van der Waals surface area contributed by atoms with Crippen LogP contribution in [-0.2, 0) is 23.7 Å². The molecule has 228 valence electrons. The van der Waals surface area contributed by atoms with Gasteiger partial charge in [-0.2, -0.15) is 0 Å². The van der Waals surface area contributed by atoms with Gasteiger partial charge >= 0.3 is 6.09 Å². The molecule has 42 heavy (non-hydrogen) atoms. The molecule has 0 aromatic heterocycles. The first kappa shape index (κ1) is 33.1. The molecule has 0 aliphatic heterocycles. The summed E-state index contributed by atoms with van der Waals surface area (Å²) in [6.45, 7) is 5.08. The van der Waals surface area contributed by atoms with Gasteiger partial charge in [0.15, 0.2) is 11.6 Å². The Bertz CT molecular complexity index is 1190. The number of hydrogen-bond donors (Lipinski definition) is 1. The molecule has 0 fully saturated rings. The summed E-state index contributed by atoms with van der Waals surface area (Å²) in [6, 6.07) is 11.3. The lowest BCUT2D eigenvalue weighted by atomic mass is 9.93. The molecule has 3 rings (SSSR count). The number of unbranched alkanes of at least 4 members (excludes halogenated alkanes) is 1. The SMILES string of the molecule is CCNC(=O)OCC1c2cc(C(=O)CCCOCCCC=O)ccc2-c2ccc(C(=O)CCCOCCCOC)cc21. The van der Waals surface area contributed by atoms with Crippen molar-refractivity contribution in [1.29, 1.82) is 0 Å². The van der Waals surface area contributed by atoms with Gasteiger partial charge in [0.05, 0.1) is 0 Å². The van der Waals surface area contributed by atoms with E-state index in [1.54, 1.807) is 7.11 Å². The van der Waals surface area contributed by atoms with Crippen molar-refractivity contribution >= 4 is 23.9 Å². The second-order valence-electron chi connectivity index (χ2n) is 10.2. The van der Waals surface area contributed by atoms with Gasteiger partial charge in [-0.25, -0.2) is 4.79 Å². The Morgan fingerprint density at radius 1 is 0.786 bits per heavy atom. The maximum atomic E-state index is 13.0. The molecular formula is C33H43NO8. The van der Waals surface area contributed by atoms with Crippen LogP contribution in [0.2, 0.25) is 0 Å². The first-order chi connectivity index (χ1) is 20.5. The van der Waals surface area contributed by atoms with Crippen molar-refractivity contribution in [3.63, 3.8) is 0 Å². The predicted molar refractivity (Wildman–Crippen MR) is 159 cm³/mol. The molecule has 1 atom stereocenters. The van der Waals surface area contributed by atoms with E-state index in [1.165, 1.54) is 0 Å². The van der Waals surface area contributed by atoms with Crippen molar-refractivity contribution in [2.75, 3.05) is 53.3 Å². The highest BCUT2D eigenvalue weighted by Gasteiger charge is 2.31. The van der Waals surface area contributed by atoms with Crippen LogP contribution in [-0.4, -0.2) is 77.2 Å². The van der Waals surface area contributed by atoms with Crippen molar-refractivity contribution in [2.45, 2.75) is 57.8 Å². The van der Waals surface area contributed by atoms with Crippen LogP contribution >= 0.6 is 0 Å². The Labute approximate surface area is 248 Å². The molecule has 1 aliphatic carbocycles. The molecule has 9 nitrogen and oxygen atoms in total. The minimum atomic E-state index is -0.509. The van der Waals surface area contributed by atoms with E-state index in [1.807, 2.05) is 43.3 Å². The highest BCUT2D eigenvalue weighted by atomic mass is 16.5. The lowest BCUT2D eigenvalue weighted by Crippen LogP contribution is -2.25. The van der Waals surface area contributed by atoms with Crippen molar-refractivity contribution in [3.8, 4) is 11.1 Å². The average molecular weight is 582 g/mol. The summed E-state index contributed by atoms with van der Waals surface area (Å²) in [5, 5.41) is 2.65. The van der Waals surface area contributed by atoms with Crippen molar-refractivity contribution in [3.05, 3.63) is 58.7 Å². The molecule has 0 heterocycles. The van der Waals surface area contributed by atoms with E-state index in [4.69, 9.17) is 18.9 Å². The number of alkyl carbamates (subject to hydrolysis) is 1. The molecule has 0 saturated heterocycles. The van der Waals surface area contributed by atoms with Crippen LogP contribution in [0.15, 0.2) is 36.4 Å². The van der Waals surface area contributed by atoms with E-state index in [0.717, 1.165) is 35.0 Å². The maximum Gasteiger partial charge on any atom is 0.407 e. The Morgan fingerprint density at radius 3 is 1.86 bits per heavy atom. The monoisotopic (exact) mass is 581 g/mol. The van der Waals surface area contributed by atoms with Crippen LogP contribution in [0.3, 0.4) is 0 Å². The van der Waals surface area contributed by atoms with Crippen LogP contribution in [0.1, 0.15) is 89.6 Å². The van der Waals surface area contributed by atoms with E-state index in [0.29, 0.717) is 89.2 Å². The Hall–Kier alpha value is -3.40. The Morgan fingerprint density at radius 2 is 1.33 bits per heavy atom. The second kappa shape index (κ2) is 18.2. The van der Waals surface area contributed by atoms with Gasteiger partial charge in [-0.1, -0.05) is 24.3 Å². The van der Waals surface area contributed by atoms with Crippen molar-refractivity contribution in [2.24, 2.45) is 0 Å². The molecule has 0 saturated carbocycles. The maximum absolute atomic E-state index is 13.0. The zero-order chi connectivity index (χ0) is 30.2. The average Bonchev–Trinajstić information content (AvgIpc) is 3.31. The van der Waals surface area contributed by atoms with Gasteiger partial charge in [-0.3, -0.25) is 9.59 Å². The van der Waals surface area contributed by atoms with Crippen LogP contribution in [0.4, 0.5) is 4.79 Å². The number of amides is 1. The standard InChI is InChI=1S/C33H43NO8/c1-3-34-33(38)42-23-30-28-21-24(31(36)9-6-18-40-17-5-4-15-35)11-13-26(28)27-14-12-25(22-29(27)30)32(37)10-7-19-41-20-8-16-39-2/h11-15,21-22,30H,3-10,16-20,23H2,1-2H3,(H,34,38). The van der Waals surface area contributed by atoms with E-state index in [9.17, 15) is 19.2 Å². The molecule has 1 amide bonds. The Kier molecular flexibility index (Phi) is 14.3. The fourth-order valence-corrected chi connectivity index (χ4v) is 4.98. The first-order valence-electron chi connectivity index (χ1n) is 14.8. The molecule has 1 aliphatic rings. The molecule has 2 aromatic rings. The number of carbonyl (C=O) groups is 4. The number of hydrogen-bond acceptors (Lipinski definition) is 8. The summed E-state index contributed by atoms with van der Waals surface area (Å²) in [6.07, 6.45) is 4.26. The van der Waals surface area contributed by atoms with Gasteiger partial charge in [-0.05, 0) is 67.0 Å². The highest BCUT2D eigenvalue weighted by Crippen LogP contribution is 2.46. The largest absolute Gasteiger partial charge is 0.449 e. The minimum Gasteiger partial charge on any atom is -0.449 e. The summed E-state index contributed by atoms with van der Waals surface area (Å²) in [4.78, 5) is 48.5. The molecule has 2 aromatic carbocycles. The molecule has 0 radical (unpaired) electrons. The predicted octanol–water partition coefficient (Wildman–Crippen LogP) is 5.52. The molecule has 1 unspecified atom stereocenters. The molecular weight excluding hydrogens is 538 g/mol. The number of fused-ring (bicyclic) bond motifs is 3. The summed E-state index contributed by atoms with van der Waals surface area (Å²) in [5.74, 6) is -0.265. The van der Waals surface area contributed by atoms with Crippen molar-refractivity contribution in [1.82, 2.24) is 5.32 Å². The van der Waals surface area contributed by atoms with Gasteiger partial charge in [0, 0.05) is 83.0 Å². The number of nitrogens with one attached hydrogen (secondary N) is 1. The van der Waals surface area contributed by atoms with Gasteiger partial charge in [-0.15, -0.1) is 0 Å². The number of benzene rings is 2. The number of ketones is 2. The van der Waals surface area contributed by atoms with E-state index >= 15 is 0 Å². The smallest absolute Gasteiger partial charge is 0.407 e. The first-order valence-corrected chi connectivity index (χ1v) is 14.8. The lowest BCUT2D eigenvalue weighted by Gasteiger charge is -2.15. The van der Waals surface area contributed by atoms with Gasteiger partial charge in [0.1, 0.15) is 12.9 Å². The normalized spacial score (nSPS) is 13.3. The molecule has 9 heteroatoms. The third-order valence-corrected chi connectivity index (χ3v) is 7.12. The number of carbonyl (C=O) groups excluding carboxylic acids is 4. The summed E-state index contributed by atoms with van der Waals surface area (Å²) < 4.78 is 21.6. The Balaban J connectivity index is 1.70. The van der Waals surface area contributed by atoms with Crippen LogP contribution in [0.5, 0.6) is 0 Å². The topological polar surface area (TPSA) is 117 Å². The third-order valence-electron chi connectivity index (χ3n) is 7.12. The zero-order valence-electron chi connectivity index (χ0n) is 24.8. The van der Waals surface area contributed by atoms with Crippen molar-refractivity contribution < 1.29 is 38.1 Å². The van der Waals surface area contributed by atoms with Crippen LogP contribution in [0, 0.1) is 0 Å². The van der Waals surface area contributed by atoms with Crippen LogP contribution < -0.4 is 5.32 Å². The zero-order valence-corrected chi connectivity index (χ0v) is 24.8. The van der Waals surface area contributed by atoms with Crippen LogP contribution in [0.25, 0.3) is 11.1 Å². The number of aldehydes is 1. The lowest BCUT2D eigenvalue weighted by molar-refractivity contribution is -0.108. The summed E-state index contributed by atoms with van der Waals surface area (Å²) in [7, 11) is 1.66. The highest BCUT2D eigenvalue weighted by molar-refractivity contribution is 5.99. The summed E-state index contributed by atoms with van der Waals surface area (Å²) in [5.41, 5.74) is 4.94. The van der Waals surface area contributed by atoms with E-state index < -0.39 is 6.09 Å². The number of ether oxygens (including phenoxy) is 4. The van der Waals surface area contributed by atoms with E-state index in [-0.39, 0.29) is 24.1 Å². The quantitative estimate of drug-likeness (QED) is 0.116. The molecule has 0 bridgehead atoms. The molecule has 0 spiro atoms. The van der Waals surface area contributed by atoms with Gasteiger partial charge in [0.25, 0.3) is 0 Å². The van der Waals surface area contributed by atoms with Gasteiger partial charge in [0.2, 0.25) is 0 Å². The third kappa shape index (κ3) is 9.86. The molecule has 1 N–H and O–H groups in total.